The van der Waals surface area contributed by atoms with E-state index in [2.05, 4.69) is 14.2 Å². The maximum atomic E-state index is 12.7. The average Bonchev–Trinajstić information content (AvgIpc) is 3.07. The van der Waals surface area contributed by atoms with Crippen molar-refractivity contribution < 1.29 is 16.5 Å². The van der Waals surface area contributed by atoms with Gasteiger partial charge in [-0.1, -0.05) is 17.7 Å². The smallest absolute Gasteiger partial charge is 0.358 e. The monoisotopic (exact) mass is 410 g/mol. The lowest BCUT2D eigenvalue weighted by atomic mass is 10.2. The highest BCUT2D eigenvalue weighted by atomic mass is 32.3. The zero-order chi connectivity index (χ0) is 20.5. The second-order valence-electron chi connectivity index (χ2n) is 6.18. The Kier molecular flexibility index (Phi) is 5.36. The van der Waals surface area contributed by atoms with Crippen LogP contribution in [0.25, 0.3) is 22.6 Å². The molecule has 11 heteroatoms. The molecule has 0 aliphatic heterocycles. The Hall–Kier alpha value is -2.95. The van der Waals surface area contributed by atoms with Crippen molar-refractivity contribution in [1.82, 2.24) is 19.1 Å². The second kappa shape index (κ2) is 7.58. The van der Waals surface area contributed by atoms with Crippen LogP contribution in [-0.2, 0) is 23.6 Å². The molecule has 2 heterocycles. The van der Waals surface area contributed by atoms with Gasteiger partial charge in [-0.2, -0.15) is 8.42 Å². The summed E-state index contributed by atoms with van der Waals surface area (Å²) < 4.78 is 40.5. The van der Waals surface area contributed by atoms with Gasteiger partial charge in [-0.3, -0.25) is 13.9 Å². The summed E-state index contributed by atoms with van der Waals surface area (Å²) in [4.78, 5) is 32.7. The van der Waals surface area contributed by atoms with Crippen LogP contribution in [0.2, 0.25) is 0 Å². The first-order valence-corrected chi connectivity index (χ1v) is 10.0. The third kappa shape index (κ3) is 3.84. The number of hydrogen-bond acceptors (Lipinski definition) is 6. The highest BCUT2D eigenvalue weighted by Gasteiger charge is 2.17. The number of H-pyrrole nitrogens is 1. The minimum Gasteiger partial charge on any atom is -0.358 e. The minimum absolute atomic E-state index is 0.199. The van der Waals surface area contributed by atoms with Gasteiger partial charge in [-0.25, -0.2) is 9.78 Å². The number of aromatic amines is 1. The van der Waals surface area contributed by atoms with Crippen molar-refractivity contribution in [3.05, 3.63) is 45.1 Å². The Bertz CT molecular complexity index is 1230. The molecule has 0 fully saturated rings. The zero-order valence-electron chi connectivity index (χ0n) is 15.3. The molecule has 0 aliphatic carbocycles. The van der Waals surface area contributed by atoms with E-state index in [0.29, 0.717) is 37.3 Å². The SMILES string of the molecule is CCCn1c(=O)c2[nH]c(-c3ccc(OS(=O)(=O)F)cc3)nc2n(CCC)c1=O. The molecule has 0 saturated heterocycles. The van der Waals surface area contributed by atoms with E-state index >= 15 is 0 Å². The summed E-state index contributed by atoms with van der Waals surface area (Å²) >= 11 is 0. The molecule has 0 radical (unpaired) electrons. The Balaban J connectivity index is 2.14. The number of aromatic nitrogens is 4. The van der Waals surface area contributed by atoms with Crippen LogP contribution in [0.5, 0.6) is 5.75 Å². The van der Waals surface area contributed by atoms with E-state index in [0.717, 1.165) is 0 Å². The van der Waals surface area contributed by atoms with Crippen molar-refractivity contribution in [2.24, 2.45) is 0 Å². The van der Waals surface area contributed by atoms with Gasteiger partial charge in [0.15, 0.2) is 5.65 Å². The largest absolute Gasteiger partial charge is 0.488 e. The molecule has 150 valence electrons. The number of nitrogens with one attached hydrogen (secondary N) is 1. The van der Waals surface area contributed by atoms with E-state index in [9.17, 15) is 21.9 Å². The summed E-state index contributed by atoms with van der Waals surface area (Å²) in [6, 6.07) is 5.44. The number of halogens is 1. The van der Waals surface area contributed by atoms with Gasteiger partial charge in [-0.15, -0.1) is 0 Å². The van der Waals surface area contributed by atoms with Crippen molar-refractivity contribution in [2.75, 3.05) is 0 Å². The maximum absolute atomic E-state index is 12.7. The van der Waals surface area contributed by atoms with Crippen LogP contribution in [0.3, 0.4) is 0 Å². The van der Waals surface area contributed by atoms with E-state index in [1.807, 2.05) is 13.8 Å². The van der Waals surface area contributed by atoms with Crippen LogP contribution in [0.1, 0.15) is 26.7 Å². The quantitative estimate of drug-likeness (QED) is 0.595. The van der Waals surface area contributed by atoms with Crippen molar-refractivity contribution in [2.45, 2.75) is 39.8 Å². The first-order chi connectivity index (χ1) is 13.2. The van der Waals surface area contributed by atoms with E-state index in [4.69, 9.17) is 0 Å². The van der Waals surface area contributed by atoms with E-state index in [-0.39, 0.29) is 16.9 Å². The van der Waals surface area contributed by atoms with Gasteiger partial charge in [0, 0.05) is 18.7 Å². The number of hydrogen-bond donors (Lipinski definition) is 1. The van der Waals surface area contributed by atoms with Gasteiger partial charge >= 0.3 is 16.2 Å². The number of aryl methyl sites for hydroxylation is 1. The summed E-state index contributed by atoms with van der Waals surface area (Å²) in [5.41, 5.74) is 0.123. The molecule has 1 aromatic carbocycles. The van der Waals surface area contributed by atoms with Gasteiger partial charge in [0.05, 0.1) is 0 Å². The van der Waals surface area contributed by atoms with Crippen molar-refractivity contribution in [3.8, 4) is 17.1 Å². The molecule has 0 amide bonds. The third-order valence-corrected chi connectivity index (χ3v) is 4.47. The summed E-state index contributed by atoms with van der Waals surface area (Å²) in [6.07, 6.45) is 1.32. The molecule has 0 unspecified atom stereocenters. The molecule has 0 saturated carbocycles. The van der Waals surface area contributed by atoms with Crippen LogP contribution in [-0.4, -0.2) is 27.5 Å². The predicted molar refractivity (Wildman–Crippen MR) is 101 cm³/mol. The molecule has 0 bridgehead atoms. The molecule has 28 heavy (non-hydrogen) atoms. The van der Waals surface area contributed by atoms with E-state index < -0.39 is 21.8 Å². The first-order valence-electron chi connectivity index (χ1n) is 8.73. The highest BCUT2D eigenvalue weighted by molar-refractivity contribution is 7.81. The van der Waals surface area contributed by atoms with Gasteiger partial charge < -0.3 is 9.17 Å². The van der Waals surface area contributed by atoms with E-state index in [1.165, 1.54) is 33.4 Å². The van der Waals surface area contributed by atoms with Crippen molar-refractivity contribution >= 4 is 21.7 Å². The molecule has 3 aromatic rings. The lowest BCUT2D eigenvalue weighted by molar-refractivity contribution is 0.440. The molecule has 1 N–H and O–H groups in total. The topological polar surface area (TPSA) is 116 Å². The number of benzene rings is 1. The Labute approximate surface area is 159 Å². The summed E-state index contributed by atoms with van der Waals surface area (Å²) in [7, 11) is -5.11. The minimum atomic E-state index is -5.11. The van der Waals surface area contributed by atoms with Crippen molar-refractivity contribution in [3.63, 3.8) is 0 Å². The highest BCUT2D eigenvalue weighted by Crippen LogP contribution is 2.22. The first kappa shape index (κ1) is 19.8. The lowest BCUT2D eigenvalue weighted by Crippen LogP contribution is -2.40. The van der Waals surface area contributed by atoms with Crippen LogP contribution in [0.15, 0.2) is 33.9 Å². The van der Waals surface area contributed by atoms with Crippen LogP contribution < -0.4 is 15.4 Å². The molecule has 2 aromatic heterocycles. The predicted octanol–water partition coefficient (Wildman–Crippen LogP) is 1.97. The normalized spacial score (nSPS) is 11.8. The number of fused-ring (bicyclic) bond motifs is 1. The Morgan fingerprint density at radius 2 is 1.68 bits per heavy atom. The van der Waals surface area contributed by atoms with E-state index in [1.54, 1.807) is 0 Å². The summed E-state index contributed by atoms with van der Waals surface area (Å²) in [5, 5.41) is 0. The fraction of sp³-hybridized carbons (Fsp3) is 0.353. The van der Waals surface area contributed by atoms with Crippen LogP contribution >= 0.6 is 0 Å². The summed E-state index contributed by atoms with van der Waals surface area (Å²) in [6.45, 7) is 4.50. The standard InChI is InChI=1S/C17H19FN4O5S/c1-3-9-21-15-13(16(23)22(10-4-2)17(21)24)19-14(20-15)11-5-7-12(8-6-11)27-28(18,25)26/h5-8H,3-4,9-10H2,1-2H3,(H,19,20). The Morgan fingerprint density at radius 3 is 2.25 bits per heavy atom. The maximum Gasteiger partial charge on any atom is 0.488 e. The van der Waals surface area contributed by atoms with Gasteiger partial charge in [0.2, 0.25) is 0 Å². The molecule has 0 atom stereocenters. The molecule has 0 aliphatic rings. The van der Waals surface area contributed by atoms with Gasteiger partial charge in [0.25, 0.3) is 5.56 Å². The van der Waals surface area contributed by atoms with Crippen LogP contribution in [0.4, 0.5) is 3.89 Å². The average molecular weight is 410 g/mol. The van der Waals surface area contributed by atoms with Crippen molar-refractivity contribution in [1.29, 1.82) is 0 Å². The molecule has 9 nitrogen and oxygen atoms in total. The van der Waals surface area contributed by atoms with Gasteiger partial charge in [-0.05, 0) is 37.1 Å². The Morgan fingerprint density at radius 1 is 1.07 bits per heavy atom. The second-order valence-corrected chi connectivity index (χ2v) is 7.13. The number of imidazole rings is 1. The zero-order valence-corrected chi connectivity index (χ0v) is 16.1. The summed E-state index contributed by atoms with van der Waals surface area (Å²) in [5.74, 6) is 0.121. The molecular formula is C17H19FN4O5S. The lowest BCUT2D eigenvalue weighted by Gasteiger charge is -2.09. The fourth-order valence-corrected chi connectivity index (χ4v) is 3.27. The van der Waals surface area contributed by atoms with Gasteiger partial charge in [0.1, 0.15) is 17.1 Å². The van der Waals surface area contributed by atoms with Crippen LogP contribution in [0, 0.1) is 0 Å². The fourth-order valence-electron chi connectivity index (χ4n) is 2.93. The number of nitrogens with zero attached hydrogens (tertiary/aromatic N) is 3. The third-order valence-electron chi connectivity index (χ3n) is 4.08. The molecular weight excluding hydrogens is 391 g/mol. The molecule has 0 spiro atoms. The molecule has 3 rings (SSSR count). The number of rotatable bonds is 7.